The molecule has 2 aromatic rings. The van der Waals surface area contributed by atoms with E-state index in [9.17, 15) is 4.79 Å². The van der Waals surface area contributed by atoms with E-state index in [1.165, 1.54) is 21.3 Å². The van der Waals surface area contributed by atoms with Crippen molar-refractivity contribution in [1.29, 1.82) is 0 Å². The second kappa shape index (κ2) is 5.85. The summed E-state index contributed by atoms with van der Waals surface area (Å²) in [5, 5.41) is 5.67. The van der Waals surface area contributed by atoms with Crippen LogP contribution in [-0.4, -0.2) is 44.8 Å². The van der Waals surface area contributed by atoms with E-state index in [4.69, 9.17) is 0 Å². The Morgan fingerprint density at radius 2 is 2.00 bits per heavy atom. The molecule has 0 bridgehead atoms. The van der Waals surface area contributed by atoms with Crippen molar-refractivity contribution in [2.75, 3.05) is 14.1 Å². The number of amides is 1. The maximum absolute atomic E-state index is 12.2. The van der Waals surface area contributed by atoms with Gasteiger partial charge < -0.3 is 4.90 Å². The van der Waals surface area contributed by atoms with Gasteiger partial charge in [-0.15, -0.1) is 5.10 Å². The highest BCUT2D eigenvalue weighted by Gasteiger charge is 2.25. The molecule has 0 aromatic carbocycles. The van der Waals surface area contributed by atoms with Crippen LogP contribution in [0.25, 0.3) is 0 Å². The van der Waals surface area contributed by atoms with Crippen LogP contribution in [0, 0.1) is 0 Å². The van der Waals surface area contributed by atoms with Crippen molar-refractivity contribution in [1.82, 2.24) is 24.6 Å². The van der Waals surface area contributed by atoms with Crippen molar-refractivity contribution in [3.05, 3.63) is 30.2 Å². The Morgan fingerprint density at radius 1 is 1.29 bits per heavy atom. The number of hydrogen-bond acceptors (Lipinski definition) is 5. The first-order chi connectivity index (χ1) is 9.79. The fourth-order valence-electron chi connectivity index (χ4n) is 1.50. The number of aromatic nitrogens is 4. The quantitative estimate of drug-likeness (QED) is 0.853. The van der Waals surface area contributed by atoms with Crippen molar-refractivity contribution >= 4 is 17.8 Å². The molecular formula is C14H19N5OS. The standard InChI is InChI=1S/C14H19N5OS/c1-14(2,3)11-16-12(19(17-11)13(20)18(4)5)21-10-8-6-7-9-15-10/h6-9H,1-5H3. The lowest BCUT2D eigenvalue weighted by Gasteiger charge is -2.13. The van der Waals surface area contributed by atoms with Gasteiger partial charge in [-0.05, 0) is 23.9 Å². The van der Waals surface area contributed by atoms with Crippen LogP contribution in [0.15, 0.2) is 34.6 Å². The van der Waals surface area contributed by atoms with Crippen molar-refractivity contribution < 1.29 is 4.79 Å². The van der Waals surface area contributed by atoms with E-state index in [0.717, 1.165) is 5.03 Å². The number of pyridine rings is 1. The predicted octanol–water partition coefficient (Wildman–Crippen LogP) is 2.65. The van der Waals surface area contributed by atoms with Gasteiger partial charge in [0.2, 0.25) is 5.16 Å². The molecule has 2 aromatic heterocycles. The zero-order chi connectivity index (χ0) is 15.6. The zero-order valence-electron chi connectivity index (χ0n) is 12.9. The highest BCUT2D eigenvalue weighted by molar-refractivity contribution is 7.99. The summed E-state index contributed by atoms with van der Waals surface area (Å²) in [4.78, 5) is 22.5. The number of nitrogens with zero attached hydrogens (tertiary/aromatic N) is 5. The second-order valence-corrected chi connectivity index (χ2v) is 6.81. The molecule has 6 nitrogen and oxygen atoms in total. The summed E-state index contributed by atoms with van der Waals surface area (Å²) in [6, 6.07) is 5.39. The Balaban J connectivity index is 2.42. The Bertz CT molecular complexity index is 631. The van der Waals surface area contributed by atoms with Crippen LogP contribution in [0.3, 0.4) is 0 Å². The number of carbonyl (C=O) groups excluding carboxylic acids is 1. The van der Waals surface area contributed by atoms with E-state index >= 15 is 0 Å². The van der Waals surface area contributed by atoms with Gasteiger partial charge in [-0.2, -0.15) is 4.68 Å². The maximum atomic E-state index is 12.2. The summed E-state index contributed by atoms with van der Waals surface area (Å²) < 4.78 is 1.33. The Kier molecular flexibility index (Phi) is 4.32. The fraction of sp³-hybridized carbons (Fsp3) is 0.429. The van der Waals surface area contributed by atoms with Gasteiger partial charge in [-0.3, -0.25) is 0 Å². The van der Waals surface area contributed by atoms with Crippen LogP contribution >= 0.6 is 11.8 Å². The average molecular weight is 305 g/mol. The highest BCUT2D eigenvalue weighted by Crippen LogP contribution is 2.27. The van der Waals surface area contributed by atoms with Crippen LogP contribution in [0.4, 0.5) is 4.79 Å². The topological polar surface area (TPSA) is 63.9 Å². The first-order valence-corrected chi connectivity index (χ1v) is 7.39. The van der Waals surface area contributed by atoms with Crippen LogP contribution < -0.4 is 0 Å². The first kappa shape index (κ1) is 15.5. The molecule has 0 saturated carbocycles. The molecule has 0 N–H and O–H groups in total. The lowest BCUT2D eigenvalue weighted by atomic mass is 9.96. The van der Waals surface area contributed by atoms with Gasteiger partial charge in [0.15, 0.2) is 5.82 Å². The molecule has 0 atom stereocenters. The molecule has 0 fully saturated rings. The van der Waals surface area contributed by atoms with Crippen molar-refractivity contribution in [3.8, 4) is 0 Å². The third-order valence-corrected chi connectivity index (χ3v) is 3.54. The van der Waals surface area contributed by atoms with Crippen molar-refractivity contribution in [2.45, 2.75) is 36.4 Å². The molecule has 7 heteroatoms. The molecule has 0 unspecified atom stereocenters. The molecule has 0 aliphatic rings. The van der Waals surface area contributed by atoms with Crippen LogP contribution in [-0.2, 0) is 5.41 Å². The smallest absolute Gasteiger partial charge is 0.329 e. The molecular weight excluding hydrogens is 286 g/mol. The second-order valence-electron chi connectivity index (χ2n) is 5.83. The summed E-state index contributed by atoms with van der Waals surface area (Å²) in [6.45, 7) is 6.05. The summed E-state index contributed by atoms with van der Waals surface area (Å²) in [5.41, 5.74) is -0.225. The molecule has 2 heterocycles. The van der Waals surface area contributed by atoms with Crippen molar-refractivity contribution in [2.24, 2.45) is 0 Å². The SMILES string of the molecule is CN(C)C(=O)n1nc(C(C)(C)C)nc1Sc1ccccn1. The number of carbonyl (C=O) groups is 1. The van der Waals surface area contributed by atoms with Crippen LogP contribution in [0.2, 0.25) is 0 Å². The minimum Gasteiger partial charge on any atom is -0.329 e. The summed E-state index contributed by atoms with van der Waals surface area (Å²) in [7, 11) is 3.38. The van der Waals surface area contributed by atoms with Gasteiger partial charge >= 0.3 is 6.03 Å². The molecule has 21 heavy (non-hydrogen) atoms. The van der Waals surface area contributed by atoms with Crippen LogP contribution in [0.5, 0.6) is 0 Å². The maximum Gasteiger partial charge on any atom is 0.346 e. The van der Waals surface area contributed by atoms with Gasteiger partial charge in [0.25, 0.3) is 0 Å². The van der Waals surface area contributed by atoms with E-state index in [-0.39, 0.29) is 11.4 Å². The molecule has 0 aliphatic carbocycles. The highest BCUT2D eigenvalue weighted by atomic mass is 32.2. The first-order valence-electron chi connectivity index (χ1n) is 6.57. The third-order valence-electron chi connectivity index (χ3n) is 2.65. The zero-order valence-corrected chi connectivity index (χ0v) is 13.7. The molecule has 112 valence electrons. The van der Waals surface area contributed by atoms with E-state index in [1.807, 2.05) is 39.0 Å². The van der Waals surface area contributed by atoms with Gasteiger partial charge in [-0.25, -0.2) is 14.8 Å². The Hall–Kier alpha value is -1.89. The molecule has 0 radical (unpaired) electrons. The molecule has 0 spiro atoms. The Labute approximate surface area is 128 Å². The summed E-state index contributed by atoms with van der Waals surface area (Å²) in [5.74, 6) is 0.635. The van der Waals surface area contributed by atoms with E-state index in [2.05, 4.69) is 15.1 Å². The van der Waals surface area contributed by atoms with Gasteiger partial charge in [-0.1, -0.05) is 26.8 Å². The predicted molar refractivity (Wildman–Crippen MR) is 81.6 cm³/mol. The van der Waals surface area contributed by atoms with Crippen molar-refractivity contribution in [3.63, 3.8) is 0 Å². The third kappa shape index (κ3) is 3.60. The number of hydrogen-bond donors (Lipinski definition) is 0. The lowest BCUT2D eigenvalue weighted by Crippen LogP contribution is -2.29. The van der Waals surface area contributed by atoms with Gasteiger partial charge in [0.05, 0.1) is 0 Å². The molecule has 1 amide bonds. The minimum absolute atomic E-state index is 0.225. The fourth-order valence-corrected chi connectivity index (χ4v) is 2.28. The van der Waals surface area contributed by atoms with Crippen LogP contribution in [0.1, 0.15) is 26.6 Å². The normalized spacial score (nSPS) is 11.5. The van der Waals surface area contributed by atoms with E-state index < -0.39 is 0 Å². The van der Waals surface area contributed by atoms with E-state index in [0.29, 0.717) is 11.0 Å². The van der Waals surface area contributed by atoms with Gasteiger partial charge in [0, 0.05) is 25.7 Å². The largest absolute Gasteiger partial charge is 0.346 e. The van der Waals surface area contributed by atoms with Gasteiger partial charge in [0.1, 0.15) is 5.03 Å². The average Bonchev–Trinajstić information content (AvgIpc) is 2.82. The monoisotopic (exact) mass is 305 g/mol. The minimum atomic E-state index is -0.226. The molecule has 0 saturated heterocycles. The molecule has 2 rings (SSSR count). The molecule has 0 aliphatic heterocycles. The van der Waals surface area contributed by atoms with E-state index in [1.54, 1.807) is 20.3 Å². The summed E-state index contributed by atoms with van der Waals surface area (Å²) >= 11 is 1.33. The number of rotatable bonds is 2. The Morgan fingerprint density at radius 3 is 2.52 bits per heavy atom. The lowest BCUT2D eigenvalue weighted by molar-refractivity contribution is 0.213. The summed E-state index contributed by atoms with van der Waals surface area (Å²) in [6.07, 6.45) is 1.71.